The van der Waals surface area contributed by atoms with Crippen molar-refractivity contribution in [2.75, 3.05) is 13.1 Å². The van der Waals surface area contributed by atoms with E-state index in [9.17, 15) is 0 Å². The molecular formula is C15H19BrN4. The molecule has 4 nitrogen and oxygen atoms in total. The maximum absolute atomic E-state index is 6.29. The number of halogens is 1. The van der Waals surface area contributed by atoms with E-state index in [-0.39, 0.29) is 6.04 Å². The van der Waals surface area contributed by atoms with Gasteiger partial charge >= 0.3 is 0 Å². The van der Waals surface area contributed by atoms with Crippen LogP contribution in [0.15, 0.2) is 41.1 Å². The number of nitrogens with two attached hydrogens (primary N) is 1. The van der Waals surface area contributed by atoms with Crippen LogP contribution in [0.3, 0.4) is 0 Å². The molecule has 0 saturated carbocycles. The van der Waals surface area contributed by atoms with E-state index in [0.717, 1.165) is 42.9 Å². The summed E-state index contributed by atoms with van der Waals surface area (Å²) in [6.45, 7) is 4.05. The molecule has 2 N–H and O–H groups in total. The topological polar surface area (TPSA) is 47.1 Å². The summed E-state index contributed by atoms with van der Waals surface area (Å²) in [6.07, 6.45) is 4.91. The van der Waals surface area contributed by atoms with Crippen molar-refractivity contribution >= 4 is 15.9 Å². The Kier molecular flexibility index (Phi) is 4.19. The summed E-state index contributed by atoms with van der Waals surface area (Å²) in [5, 5.41) is 0. The fraction of sp³-hybridized carbons (Fsp3) is 0.400. The van der Waals surface area contributed by atoms with Crippen LogP contribution in [-0.2, 0) is 13.1 Å². The van der Waals surface area contributed by atoms with Crippen molar-refractivity contribution < 1.29 is 0 Å². The Balaban J connectivity index is 1.55. The highest BCUT2D eigenvalue weighted by molar-refractivity contribution is 9.10. The molecule has 0 fully saturated rings. The lowest BCUT2D eigenvalue weighted by Gasteiger charge is -2.28. The normalized spacial score (nSPS) is 16.9. The molecule has 106 valence electrons. The number of hydrogen-bond acceptors (Lipinski definition) is 3. The van der Waals surface area contributed by atoms with Gasteiger partial charge in [0.1, 0.15) is 5.82 Å². The Morgan fingerprint density at radius 1 is 1.35 bits per heavy atom. The molecular weight excluding hydrogens is 316 g/mol. The number of nitrogens with zero attached hydrogens (tertiary/aromatic N) is 3. The van der Waals surface area contributed by atoms with Crippen LogP contribution >= 0.6 is 15.9 Å². The Bertz CT molecular complexity index is 581. The number of imidazole rings is 1. The third-order valence-electron chi connectivity index (χ3n) is 3.86. The van der Waals surface area contributed by atoms with Crippen molar-refractivity contribution in [3.05, 3.63) is 52.5 Å². The Morgan fingerprint density at radius 3 is 3.10 bits per heavy atom. The number of benzene rings is 1. The summed E-state index contributed by atoms with van der Waals surface area (Å²) >= 11 is 3.49. The fourth-order valence-electron chi connectivity index (χ4n) is 2.64. The largest absolute Gasteiger partial charge is 0.333 e. The van der Waals surface area contributed by atoms with E-state index in [2.05, 4.69) is 48.7 Å². The van der Waals surface area contributed by atoms with Gasteiger partial charge in [0, 0.05) is 42.5 Å². The first-order valence-electron chi connectivity index (χ1n) is 6.96. The van der Waals surface area contributed by atoms with Gasteiger partial charge in [0.2, 0.25) is 0 Å². The van der Waals surface area contributed by atoms with Crippen molar-refractivity contribution in [1.82, 2.24) is 14.5 Å². The third kappa shape index (κ3) is 3.11. The third-order valence-corrected chi connectivity index (χ3v) is 4.35. The molecule has 1 aromatic heterocycles. The maximum Gasteiger partial charge on any atom is 0.122 e. The summed E-state index contributed by atoms with van der Waals surface area (Å²) in [6, 6.07) is 8.36. The zero-order chi connectivity index (χ0) is 13.9. The van der Waals surface area contributed by atoms with E-state index < -0.39 is 0 Å². The molecule has 2 heterocycles. The van der Waals surface area contributed by atoms with Gasteiger partial charge in [-0.3, -0.25) is 4.90 Å². The predicted molar refractivity (Wildman–Crippen MR) is 83.2 cm³/mol. The second-order valence-electron chi connectivity index (χ2n) is 5.26. The monoisotopic (exact) mass is 334 g/mol. The van der Waals surface area contributed by atoms with Crippen LogP contribution in [0, 0.1) is 0 Å². The summed E-state index contributed by atoms with van der Waals surface area (Å²) in [4.78, 5) is 6.82. The van der Waals surface area contributed by atoms with Gasteiger partial charge in [-0.15, -0.1) is 0 Å². The fourth-order valence-corrected chi connectivity index (χ4v) is 3.06. The highest BCUT2D eigenvalue weighted by atomic mass is 79.9. The van der Waals surface area contributed by atoms with E-state index in [1.165, 1.54) is 5.56 Å². The molecule has 1 aliphatic rings. The molecule has 1 atom stereocenters. The first-order valence-corrected chi connectivity index (χ1v) is 7.75. The average Bonchev–Trinajstić information content (AvgIpc) is 2.92. The lowest BCUT2D eigenvalue weighted by molar-refractivity contribution is 0.210. The Labute approximate surface area is 127 Å². The molecule has 0 amide bonds. The summed E-state index contributed by atoms with van der Waals surface area (Å²) in [5.74, 6) is 1.16. The van der Waals surface area contributed by atoms with Crippen LogP contribution in [0.25, 0.3) is 0 Å². The highest BCUT2D eigenvalue weighted by Crippen LogP contribution is 2.20. The van der Waals surface area contributed by atoms with Gasteiger partial charge < -0.3 is 10.3 Å². The van der Waals surface area contributed by atoms with E-state index in [1.807, 2.05) is 18.3 Å². The van der Waals surface area contributed by atoms with Crippen LogP contribution in [0.2, 0.25) is 0 Å². The predicted octanol–water partition coefficient (Wildman–Crippen LogP) is 2.55. The molecule has 0 bridgehead atoms. The lowest BCUT2D eigenvalue weighted by Crippen LogP contribution is -2.35. The van der Waals surface area contributed by atoms with Crippen molar-refractivity contribution in [3.8, 4) is 0 Å². The van der Waals surface area contributed by atoms with Crippen molar-refractivity contribution in [3.63, 3.8) is 0 Å². The second-order valence-corrected chi connectivity index (χ2v) is 6.18. The minimum Gasteiger partial charge on any atom is -0.333 e. The number of rotatable bonds is 4. The molecule has 0 radical (unpaired) electrons. The van der Waals surface area contributed by atoms with Crippen molar-refractivity contribution in [1.29, 1.82) is 0 Å². The lowest BCUT2D eigenvalue weighted by atomic mass is 10.0. The second kappa shape index (κ2) is 6.08. The molecule has 1 aromatic carbocycles. The molecule has 2 aromatic rings. The minimum absolute atomic E-state index is 0.0918. The van der Waals surface area contributed by atoms with Gasteiger partial charge in [-0.1, -0.05) is 28.1 Å². The minimum atomic E-state index is 0.0918. The number of hydrogen-bond donors (Lipinski definition) is 1. The summed E-state index contributed by atoms with van der Waals surface area (Å²) in [7, 11) is 0. The zero-order valence-corrected chi connectivity index (χ0v) is 13.0. The summed E-state index contributed by atoms with van der Waals surface area (Å²) < 4.78 is 3.32. The first kappa shape index (κ1) is 13.8. The van der Waals surface area contributed by atoms with Gasteiger partial charge in [0.15, 0.2) is 0 Å². The van der Waals surface area contributed by atoms with Crippen LogP contribution in [-0.4, -0.2) is 27.5 Å². The van der Waals surface area contributed by atoms with Gasteiger partial charge in [0.25, 0.3) is 0 Å². The number of fused-ring (bicyclic) bond motifs is 1. The molecule has 1 unspecified atom stereocenters. The molecule has 5 heteroatoms. The first-order chi connectivity index (χ1) is 9.72. The van der Waals surface area contributed by atoms with E-state index in [0.29, 0.717) is 0 Å². The van der Waals surface area contributed by atoms with Gasteiger partial charge in [-0.25, -0.2) is 4.98 Å². The van der Waals surface area contributed by atoms with E-state index in [1.54, 1.807) is 0 Å². The molecule has 0 saturated heterocycles. The van der Waals surface area contributed by atoms with Crippen LogP contribution in [0.5, 0.6) is 0 Å². The van der Waals surface area contributed by atoms with Gasteiger partial charge in [-0.05, 0) is 24.1 Å². The quantitative estimate of drug-likeness (QED) is 0.934. The van der Waals surface area contributed by atoms with Crippen molar-refractivity contribution in [2.45, 2.75) is 25.6 Å². The van der Waals surface area contributed by atoms with Crippen LogP contribution < -0.4 is 5.73 Å². The maximum atomic E-state index is 6.29. The summed E-state index contributed by atoms with van der Waals surface area (Å²) in [5.41, 5.74) is 7.48. The van der Waals surface area contributed by atoms with Crippen molar-refractivity contribution in [2.24, 2.45) is 5.73 Å². The molecule has 0 spiro atoms. The van der Waals surface area contributed by atoms with Gasteiger partial charge in [0.05, 0.1) is 6.54 Å². The number of aromatic nitrogens is 2. The van der Waals surface area contributed by atoms with Crippen LogP contribution in [0.4, 0.5) is 0 Å². The smallest absolute Gasteiger partial charge is 0.122 e. The van der Waals surface area contributed by atoms with E-state index in [4.69, 9.17) is 5.73 Å². The molecule has 3 rings (SSSR count). The van der Waals surface area contributed by atoms with Gasteiger partial charge in [-0.2, -0.15) is 0 Å². The molecule has 0 aliphatic carbocycles. The van der Waals surface area contributed by atoms with Crippen LogP contribution in [0.1, 0.15) is 23.9 Å². The zero-order valence-electron chi connectivity index (χ0n) is 11.4. The van der Waals surface area contributed by atoms with E-state index >= 15 is 0 Å². The SMILES string of the molecule is NC(CCN1CCn2ccnc2C1)c1cccc(Br)c1. The Hall–Kier alpha value is -1.17. The highest BCUT2D eigenvalue weighted by Gasteiger charge is 2.17. The standard InChI is InChI=1S/C15H19BrN4/c16-13-3-1-2-12(10-13)14(17)4-6-19-8-9-20-7-5-18-15(20)11-19/h1-3,5,7,10,14H,4,6,8-9,11,17H2. The Morgan fingerprint density at radius 2 is 2.25 bits per heavy atom. The molecule has 1 aliphatic heterocycles. The molecule has 20 heavy (non-hydrogen) atoms. The average molecular weight is 335 g/mol.